The molecule has 3 heteroatoms. The van der Waals surface area contributed by atoms with E-state index in [0.29, 0.717) is 5.02 Å². The Hall–Kier alpha value is -2.06. The maximum atomic E-state index is 11.8. The fraction of sp³-hybridized carbons (Fsp3) is 0.211. The first-order chi connectivity index (χ1) is 10.3. The van der Waals surface area contributed by atoms with Gasteiger partial charge in [-0.15, -0.1) is 0 Å². The minimum absolute atomic E-state index is 0.360. The molecule has 2 aromatic carbocycles. The van der Waals surface area contributed by atoms with Crippen LogP contribution in [0.1, 0.15) is 26.3 Å². The van der Waals surface area contributed by atoms with Gasteiger partial charge >= 0.3 is 5.97 Å². The molecule has 2 rings (SSSR count). The van der Waals surface area contributed by atoms with Crippen LogP contribution in [0.15, 0.2) is 54.6 Å². The number of carbonyl (C=O) groups is 1. The third-order valence-corrected chi connectivity index (χ3v) is 3.14. The summed E-state index contributed by atoms with van der Waals surface area (Å²) in [6.45, 7) is 5.53. The minimum Gasteiger partial charge on any atom is -0.457 e. The van der Waals surface area contributed by atoms with Gasteiger partial charge in [0, 0.05) is 11.1 Å². The summed E-state index contributed by atoms with van der Waals surface area (Å²) in [5.74, 6) is -0.360. The van der Waals surface area contributed by atoms with Gasteiger partial charge in [0.05, 0.1) is 0 Å². The van der Waals surface area contributed by atoms with Crippen molar-refractivity contribution >= 4 is 23.6 Å². The van der Waals surface area contributed by atoms with E-state index in [4.69, 9.17) is 16.3 Å². The van der Waals surface area contributed by atoms with Crippen LogP contribution < -0.4 is 0 Å². The van der Waals surface area contributed by atoms with Crippen molar-refractivity contribution in [2.45, 2.75) is 26.4 Å². The number of rotatable bonds is 3. The van der Waals surface area contributed by atoms with Gasteiger partial charge in [-0.05, 0) is 55.7 Å². The Morgan fingerprint density at radius 1 is 1.09 bits per heavy atom. The van der Waals surface area contributed by atoms with Crippen LogP contribution in [0.2, 0.25) is 5.02 Å². The van der Waals surface area contributed by atoms with Crippen LogP contribution in [0.5, 0.6) is 0 Å². The highest BCUT2D eigenvalue weighted by molar-refractivity contribution is 6.31. The van der Waals surface area contributed by atoms with Gasteiger partial charge in [-0.3, -0.25) is 0 Å². The van der Waals surface area contributed by atoms with Crippen molar-refractivity contribution in [1.29, 1.82) is 0 Å². The third-order valence-electron chi connectivity index (χ3n) is 2.91. The van der Waals surface area contributed by atoms with Crippen molar-refractivity contribution < 1.29 is 9.53 Å². The van der Waals surface area contributed by atoms with Crippen LogP contribution >= 0.6 is 11.6 Å². The lowest BCUT2D eigenvalue weighted by Crippen LogP contribution is -2.22. The number of benzene rings is 2. The van der Waals surface area contributed by atoms with Crippen LogP contribution in [-0.4, -0.2) is 11.6 Å². The molecule has 0 saturated heterocycles. The van der Waals surface area contributed by atoms with Crippen LogP contribution in [0, 0.1) is 0 Å². The Balaban J connectivity index is 2.30. The van der Waals surface area contributed by atoms with Gasteiger partial charge in [0.2, 0.25) is 0 Å². The number of hydrogen-bond acceptors (Lipinski definition) is 2. The molecule has 22 heavy (non-hydrogen) atoms. The van der Waals surface area contributed by atoms with E-state index in [9.17, 15) is 4.79 Å². The Bertz CT molecular complexity index is 682. The van der Waals surface area contributed by atoms with E-state index in [2.05, 4.69) is 0 Å². The topological polar surface area (TPSA) is 26.3 Å². The summed E-state index contributed by atoms with van der Waals surface area (Å²) in [6.07, 6.45) is 3.20. The fourth-order valence-electron chi connectivity index (χ4n) is 2.04. The number of halogens is 1. The summed E-state index contributed by atoms with van der Waals surface area (Å²) in [5.41, 5.74) is 2.45. The minimum atomic E-state index is -0.496. The van der Waals surface area contributed by atoms with Crippen LogP contribution in [0.25, 0.3) is 17.2 Å². The predicted molar refractivity (Wildman–Crippen MR) is 91.8 cm³/mol. The van der Waals surface area contributed by atoms with Crippen molar-refractivity contribution in [2.75, 3.05) is 0 Å². The third kappa shape index (κ3) is 4.74. The molecule has 0 unspecified atom stereocenters. The van der Waals surface area contributed by atoms with Gasteiger partial charge in [-0.1, -0.05) is 48.0 Å². The molecule has 0 spiro atoms. The summed E-state index contributed by atoms with van der Waals surface area (Å²) in [5, 5.41) is 0.660. The summed E-state index contributed by atoms with van der Waals surface area (Å²) < 4.78 is 5.28. The summed E-state index contributed by atoms with van der Waals surface area (Å²) in [6, 6.07) is 15.5. The molecule has 0 bridgehead atoms. The first-order valence-electron chi connectivity index (χ1n) is 7.11. The van der Waals surface area contributed by atoms with Gasteiger partial charge in [-0.25, -0.2) is 4.79 Å². The molecule has 0 fully saturated rings. The smallest absolute Gasteiger partial charge is 0.331 e. The average Bonchev–Trinajstić information content (AvgIpc) is 2.45. The van der Waals surface area contributed by atoms with E-state index >= 15 is 0 Å². The standard InChI is InChI=1S/C19H19ClO2/c1-19(2,3)22-18(21)12-10-15-9-11-16(20)13-17(15)14-7-5-4-6-8-14/h4-13H,1-3H3. The van der Waals surface area contributed by atoms with Crippen molar-refractivity contribution in [1.82, 2.24) is 0 Å². The van der Waals surface area contributed by atoms with Crippen LogP contribution in [0.3, 0.4) is 0 Å². The molecule has 114 valence electrons. The van der Waals surface area contributed by atoms with E-state index < -0.39 is 5.60 Å². The van der Waals surface area contributed by atoms with E-state index in [1.807, 2.05) is 69.3 Å². The second-order valence-electron chi connectivity index (χ2n) is 5.96. The molecule has 0 radical (unpaired) electrons. The van der Waals surface area contributed by atoms with E-state index in [-0.39, 0.29) is 5.97 Å². The zero-order valence-electron chi connectivity index (χ0n) is 13.0. The van der Waals surface area contributed by atoms with Gasteiger partial charge in [0.25, 0.3) is 0 Å². The van der Waals surface area contributed by atoms with E-state index in [1.165, 1.54) is 6.08 Å². The molecular weight excluding hydrogens is 296 g/mol. The number of ether oxygens (including phenoxy) is 1. The molecule has 2 nitrogen and oxygen atoms in total. The van der Waals surface area contributed by atoms with Gasteiger partial charge in [-0.2, -0.15) is 0 Å². The monoisotopic (exact) mass is 314 g/mol. The first kappa shape index (κ1) is 16.3. The molecule has 0 amide bonds. The molecule has 0 aliphatic heterocycles. The quantitative estimate of drug-likeness (QED) is 0.563. The first-order valence-corrected chi connectivity index (χ1v) is 7.49. The summed E-state index contributed by atoms with van der Waals surface area (Å²) in [4.78, 5) is 11.8. The zero-order valence-corrected chi connectivity index (χ0v) is 13.7. The highest BCUT2D eigenvalue weighted by Crippen LogP contribution is 2.28. The molecular formula is C19H19ClO2. The Morgan fingerprint density at radius 3 is 2.41 bits per heavy atom. The Morgan fingerprint density at radius 2 is 1.77 bits per heavy atom. The van der Waals surface area contributed by atoms with Crippen LogP contribution in [0.4, 0.5) is 0 Å². The SMILES string of the molecule is CC(C)(C)OC(=O)C=Cc1ccc(Cl)cc1-c1ccccc1. The van der Waals surface area contributed by atoms with Crippen LogP contribution in [-0.2, 0) is 9.53 Å². The molecule has 0 saturated carbocycles. The highest BCUT2D eigenvalue weighted by atomic mass is 35.5. The van der Waals surface area contributed by atoms with Gasteiger partial charge in [0.1, 0.15) is 5.60 Å². The van der Waals surface area contributed by atoms with E-state index in [0.717, 1.165) is 16.7 Å². The molecule has 0 aromatic heterocycles. The molecule has 0 N–H and O–H groups in total. The van der Waals surface area contributed by atoms with Crippen molar-refractivity contribution in [3.63, 3.8) is 0 Å². The Kier molecular flexibility index (Phi) is 5.04. The summed E-state index contributed by atoms with van der Waals surface area (Å²) >= 11 is 6.10. The zero-order chi connectivity index (χ0) is 16.2. The lowest BCUT2D eigenvalue weighted by molar-refractivity contribution is -0.148. The number of carbonyl (C=O) groups excluding carboxylic acids is 1. The molecule has 2 aromatic rings. The maximum Gasteiger partial charge on any atom is 0.331 e. The highest BCUT2D eigenvalue weighted by Gasteiger charge is 2.14. The lowest BCUT2D eigenvalue weighted by Gasteiger charge is -2.18. The average molecular weight is 315 g/mol. The number of hydrogen-bond donors (Lipinski definition) is 0. The van der Waals surface area contributed by atoms with Gasteiger partial charge in [0.15, 0.2) is 0 Å². The fourth-order valence-corrected chi connectivity index (χ4v) is 2.21. The van der Waals surface area contributed by atoms with Crippen molar-refractivity contribution in [2.24, 2.45) is 0 Å². The second-order valence-corrected chi connectivity index (χ2v) is 6.40. The molecule has 0 aliphatic rings. The second kappa shape index (κ2) is 6.80. The molecule has 0 aliphatic carbocycles. The number of esters is 1. The van der Waals surface area contributed by atoms with Crippen molar-refractivity contribution in [3.8, 4) is 11.1 Å². The lowest BCUT2D eigenvalue weighted by atomic mass is 9.99. The van der Waals surface area contributed by atoms with E-state index in [1.54, 1.807) is 6.08 Å². The normalized spacial score (nSPS) is 11.6. The Labute approximate surface area is 136 Å². The largest absolute Gasteiger partial charge is 0.457 e. The van der Waals surface area contributed by atoms with Crippen molar-refractivity contribution in [3.05, 3.63) is 65.2 Å². The molecule has 0 atom stereocenters. The predicted octanol–water partition coefficient (Wildman–Crippen LogP) is 5.36. The summed E-state index contributed by atoms with van der Waals surface area (Å²) in [7, 11) is 0. The van der Waals surface area contributed by atoms with Gasteiger partial charge < -0.3 is 4.74 Å². The molecule has 0 heterocycles. The maximum absolute atomic E-state index is 11.8.